The molecule has 1 aliphatic rings. The van der Waals surface area contributed by atoms with Gasteiger partial charge in [0.25, 0.3) is 0 Å². The molecule has 0 amide bonds. The molecule has 2 rings (SSSR count). The molecule has 1 aromatic carbocycles. The van der Waals surface area contributed by atoms with E-state index in [0.29, 0.717) is 5.92 Å². The van der Waals surface area contributed by atoms with Gasteiger partial charge in [-0.25, -0.2) is 0 Å². The Morgan fingerprint density at radius 1 is 1.33 bits per heavy atom. The van der Waals surface area contributed by atoms with Gasteiger partial charge in [-0.2, -0.15) is 0 Å². The molecule has 1 fully saturated rings. The summed E-state index contributed by atoms with van der Waals surface area (Å²) in [5.74, 6) is 0.661. The quantitative estimate of drug-likeness (QED) is 0.915. The topological polar surface area (TPSA) is 21.3 Å². The highest BCUT2D eigenvalue weighted by Crippen LogP contribution is 2.23. The highest BCUT2D eigenvalue weighted by molar-refractivity contribution is 9.10. The zero-order chi connectivity index (χ0) is 13.0. The average molecular weight is 312 g/mol. The van der Waals surface area contributed by atoms with Crippen LogP contribution in [0.3, 0.4) is 0 Å². The third-order valence-electron chi connectivity index (χ3n) is 3.65. The Morgan fingerprint density at radius 3 is 2.67 bits per heavy atom. The van der Waals surface area contributed by atoms with Gasteiger partial charge in [0.05, 0.1) is 6.61 Å². The summed E-state index contributed by atoms with van der Waals surface area (Å²) in [6, 6.07) is 8.55. The molecule has 0 bridgehead atoms. The number of benzene rings is 1. The predicted octanol–water partition coefficient (Wildman–Crippen LogP) is 3.70. The van der Waals surface area contributed by atoms with Crippen LogP contribution in [0.4, 0.5) is 0 Å². The van der Waals surface area contributed by atoms with Crippen molar-refractivity contribution in [3.8, 4) is 0 Å². The van der Waals surface area contributed by atoms with Gasteiger partial charge in [-0.15, -0.1) is 0 Å². The van der Waals surface area contributed by atoms with E-state index < -0.39 is 0 Å². The maximum Gasteiger partial charge on any atom is 0.0506 e. The monoisotopic (exact) mass is 311 g/mol. The molecular weight excluding hydrogens is 290 g/mol. The van der Waals surface area contributed by atoms with Gasteiger partial charge in [-0.1, -0.05) is 28.1 Å². The lowest BCUT2D eigenvalue weighted by molar-refractivity contribution is 0.0521. The van der Waals surface area contributed by atoms with Crippen molar-refractivity contribution in [3.63, 3.8) is 0 Å². The van der Waals surface area contributed by atoms with E-state index in [1.807, 2.05) is 0 Å². The third-order valence-corrected chi connectivity index (χ3v) is 4.18. The fourth-order valence-corrected chi connectivity index (χ4v) is 2.60. The standard InChI is InChI=1S/C15H22BrNO/c1-15(2,13-5-7-14(16)8-6-13)17-10-12-4-3-9-18-11-12/h5-8,12,17H,3-4,9-11H2,1-2H3. The number of hydrogen-bond acceptors (Lipinski definition) is 2. The van der Waals surface area contributed by atoms with Crippen LogP contribution >= 0.6 is 15.9 Å². The van der Waals surface area contributed by atoms with Crippen molar-refractivity contribution < 1.29 is 4.74 Å². The van der Waals surface area contributed by atoms with Gasteiger partial charge in [-0.05, 0) is 50.3 Å². The van der Waals surface area contributed by atoms with Crippen LogP contribution < -0.4 is 5.32 Å². The first kappa shape index (κ1) is 14.0. The van der Waals surface area contributed by atoms with Gasteiger partial charge in [0.1, 0.15) is 0 Å². The molecule has 1 N–H and O–H groups in total. The fraction of sp³-hybridized carbons (Fsp3) is 0.600. The fourth-order valence-electron chi connectivity index (χ4n) is 2.34. The zero-order valence-electron chi connectivity index (χ0n) is 11.2. The van der Waals surface area contributed by atoms with Crippen molar-refractivity contribution in [2.75, 3.05) is 19.8 Å². The average Bonchev–Trinajstić information content (AvgIpc) is 2.38. The highest BCUT2D eigenvalue weighted by Gasteiger charge is 2.22. The van der Waals surface area contributed by atoms with Gasteiger partial charge in [0.15, 0.2) is 0 Å². The molecule has 1 aromatic rings. The molecule has 1 saturated heterocycles. The van der Waals surface area contributed by atoms with Crippen molar-refractivity contribution in [1.29, 1.82) is 0 Å². The number of nitrogens with one attached hydrogen (secondary N) is 1. The molecule has 0 saturated carbocycles. The van der Waals surface area contributed by atoms with E-state index in [2.05, 4.69) is 59.4 Å². The number of ether oxygens (including phenoxy) is 1. The summed E-state index contributed by atoms with van der Waals surface area (Å²) in [4.78, 5) is 0. The Morgan fingerprint density at radius 2 is 2.06 bits per heavy atom. The zero-order valence-corrected chi connectivity index (χ0v) is 12.8. The second-order valence-electron chi connectivity index (χ2n) is 5.60. The van der Waals surface area contributed by atoms with Crippen molar-refractivity contribution in [3.05, 3.63) is 34.3 Å². The first-order valence-corrected chi connectivity index (χ1v) is 7.46. The number of hydrogen-bond donors (Lipinski definition) is 1. The maximum absolute atomic E-state index is 5.52. The number of rotatable bonds is 4. The predicted molar refractivity (Wildman–Crippen MR) is 78.7 cm³/mol. The molecule has 1 heterocycles. The Labute approximate surface area is 118 Å². The molecule has 1 atom stereocenters. The van der Waals surface area contributed by atoms with Crippen LogP contribution in [-0.2, 0) is 10.3 Å². The molecule has 1 unspecified atom stereocenters. The molecular formula is C15H22BrNO. The minimum atomic E-state index is 0.0121. The summed E-state index contributed by atoms with van der Waals surface area (Å²) in [5.41, 5.74) is 1.33. The van der Waals surface area contributed by atoms with Crippen LogP contribution in [0.2, 0.25) is 0 Å². The smallest absolute Gasteiger partial charge is 0.0506 e. The second kappa shape index (κ2) is 6.18. The van der Waals surface area contributed by atoms with Crippen LogP contribution in [0.25, 0.3) is 0 Å². The molecule has 0 aromatic heterocycles. The summed E-state index contributed by atoms with van der Waals surface area (Å²) in [6.07, 6.45) is 2.48. The Bertz CT molecular complexity index is 369. The number of halogens is 1. The van der Waals surface area contributed by atoms with Gasteiger partial charge < -0.3 is 10.1 Å². The summed E-state index contributed by atoms with van der Waals surface area (Å²) >= 11 is 3.48. The minimum Gasteiger partial charge on any atom is -0.381 e. The van der Waals surface area contributed by atoms with Gasteiger partial charge in [0, 0.05) is 23.2 Å². The van der Waals surface area contributed by atoms with Crippen LogP contribution in [0.15, 0.2) is 28.7 Å². The molecule has 100 valence electrons. The van der Waals surface area contributed by atoms with Crippen LogP contribution in [0.1, 0.15) is 32.3 Å². The second-order valence-corrected chi connectivity index (χ2v) is 6.51. The van der Waals surface area contributed by atoms with E-state index in [0.717, 1.165) is 24.2 Å². The van der Waals surface area contributed by atoms with E-state index in [-0.39, 0.29) is 5.54 Å². The van der Waals surface area contributed by atoms with E-state index in [9.17, 15) is 0 Å². The van der Waals surface area contributed by atoms with E-state index in [1.165, 1.54) is 18.4 Å². The van der Waals surface area contributed by atoms with Gasteiger partial charge >= 0.3 is 0 Å². The lowest BCUT2D eigenvalue weighted by atomic mass is 9.93. The van der Waals surface area contributed by atoms with Crippen molar-refractivity contribution in [2.24, 2.45) is 5.92 Å². The molecule has 18 heavy (non-hydrogen) atoms. The molecule has 3 heteroatoms. The Balaban J connectivity index is 1.91. The highest BCUT2D eigenvalue weighted by atomic mass is 79.9. The third kappa shape index (κ3) is 3.81. The first-order chi connectivity index (χ1) is 8.58. The lowest BCUT2D eigenvalue weighted by Crippen LogP contribution is -2.41. The maximum atomic E-state index is 5.52. The van der Waals surface area contributed by atoms with E-state index in [1.54, 1.807) is 0 Å². The van der Waals surface area contributed by atoms with Crippen molar-refractivity contribution >= 4 is 15.9 Å². The van der Waals surface area contributed by atoms with Crippen molar-refractivity contribution in [2.45, 2.75) is 32.2 Å². The van der Waals surface area contributed by atoms with Gasteiger partial charge in [0.2, 0.25) is 0 Å². The van der Waals surface area contributed by atoms with Crippen LogP contribution in [-0.4, -0.2) is 19.8 Å². The summed E-state index contributed by atoms with van der Waals surface area (Å²) < 4.78 is 6.65. The normalized spacial score (nSPS) is 20.9. The van der Waals surface area contributed by atoms with Crippen molar-refractivity contribution in [1.82, 2.24) is 5.32 Å². The minimum absolute atomic E-state index is 0.0121. The summed E-state index contributed by atoms with van der Waals surface area (Å²) in [6.45, 7) is 7.35. The Hall–Kier alpha value is -0.380. The molecule has 0 radical (unpaired) electrons. The lowest BCUT2D eigenvalue weighted by Gasteiger charge is -2.31. The largest absolute Gasteiger partial charge is 0.381 e. The first-order valence-electron chi connectivity index (χ1n) is 6.67. The summed E-state index contributed by atoms with van der Waals surface area (Å²) in [5, 5.41) is 3.67. The van der Waals surface area contributed by atoms with E-state index in [4.69, 9.17) is 4.74 Å². The van der Waals surface area contributed by atoms with Gasteiger partial charge in [-0.3, -0.25) is 0 Å². The van der Waals surface area contributed by atoms with Crippen LogP contribution in [0.5, 0.6) is 0 Å². The van der Waals surface area contributed by atoms with Crippen LogP contribution in [0, 0.1) is 5.92 Å². The molecule has 1 aliphatic heterocycles. The molecule has 0 spiro atoms. The van der Waals surface area contributed by atoms with E-state index >= 15 is 0 Å². The molecule has 2 nitrogen and oxygen atoms in total. The Kier molecular flexibility index (Phi) is 4.82. The molecule has 0 aliphatic carbocycles. The SMILES string of the molecule is CC(C)(NCC1CCCOC1)c1ccc(Br)cc1. The summed E-state index contributed by atoms with van der Waals surface area (Å²) in [7, 11) is 0.